The second kappa shape index (κ2) is 4.05. The molecule has 3 nitrogen and oxygen atoms in total. The SMILES string of the molecule is Cn1ncc(Cl)c1C(N)C12CC3CC(C)(CC(C)(C3)C1)C2. The summed E-state index contributed by atoms with van der Waals surface area (Å²) in [7, 11) is 1.96. The maximum Gasteiger partial charge on any atom is 0.0834 e. The van der Waals surface area contributed by atoms with Crippen LogP contribution in [0.1, 0.15) is 64.1 Å². The van der Waals surface area contributed by atoms with Crippen molar-refractivity contribution in [1.82, 2.24) is 9.78 Å². The summed E-state index contributed by atoms with van der Waals surface area (Å²) in [6.45, 7) is 4.98. The Bertz CT molecular complexity index is 555. The third-order valence-corrected chi connectivity index (χ3v) is 6.85. The molecule has 1 aromatic heterocycles. The van der Waals surface area contributed by atoms with Gasteiger partial charge in [0.1, 0.15) is 0 Å². The summed E-state index contributed by atoms with van der Waals surface area (Å²) in [4.78, 5) is 0. The van der Waals surface area contributed by atoms with E-state index in [0.717, 1.165) is 16.6 Å². The van der Waals surface area contributed by atoms with Crippen LogP contribution < -0.4 is 5.73 Å². The first kappa shape index (κ1) is 14.1. The number of halogens is 1. The molecule has 0 radical (unpaired) electrons. The van der Waals surface area contributed by atoms with E-state index in [4.69, 9.17) is 17.3 Å². The molecule has 0 saturated heterocycles. The van der Waals surface area contributed by atoms with Gasteiger partial charge in [-0.3, -0.25) is 4.68 Å². The minimum Gasteiger partial charge on any atom is -0.322 e. The van der Waals surface area contributed by atoms with Crippen LogP contribution in [0.25, 0.3) is 0 Å². The van der Waals surface area contributed by atoms with Crippen molar-refractivity contribution < 1.29 is 0 Å². The Balaban J connectivity index is 1.77. The van der Waals surface area contributed by atoms with Gasteiger partial charge in [-0.25, -0.2) is 0 Å². The van der Waals surface area contributed by atoms with E-state index in [1.807, 2.05) is 11.7 Å². The quantitative estimate of drug-likeness (QED) is 0.895. The smallest absolute Gasteiger partial charge is 0.0834 e. The lowest BCUT2D eigenvalue weighted by atomic mass is 9.39. The second-order valence-corrected chi connectivity index (χ2v) is 9.38. The third kappa shape index (κ3) is 1.93. The van der Waals surface area contributed by atoms with Crippen LogP contribution in [0.2, 0.25) is 5.02 Å². The average molecular weight is 308 g/mol. The molecule has 3 atom stereocenters. The van der Waals surface area contributed by atoms with Crippen molar-refractivity contribution >= 4 is 11.6 Å². The predicted molar refractivity (Wildman–Crippen MR) is 85.0 cm³/mol. The van der Waals surface area contributed by atoms with Crippen LogP contribution >= 0.6 is 11.6 Å². The maximum absolute atomic E-state index is 6.81. The minimum atomic E-state index is 0.0135. The number of hydrogen-bond acceptors (Lipinski definition) is 2. The lowest BCUT2D eigenvalue weighted by Gasteiger charge is -2.66. The first-order valence-corrected chi connectivity index (χ1v) is 8.55. The fourth-order valence-corrected chi connectivity index (χ4v) is 7.23. The van der Waals surface area contributed by atoms with Crippen LogP contribution in [-0.2, 0) is 7.05 Å². The van der Waals surface area contributed by atoms with Gasteiger partial charge in [-0.15, -0.1) is 0 Å². The Hall–Kier alpha value is -0.540. The molecule has 0 aliphatic heterocycles. The summed E-state index contributed by atoms with van der Waals surface area (Å²) in [6.07, 6.45) is 9.71. The van der Waals surface area contributed by atoms with Crippen molar-refractivity contribution in [3.63, 3.8) is 0 Å². The first-order valence-electron chi connectivity index (χ1n) is 8.17. The predicted octanol–water partition coefficient (Wildman–Crippen LogP) is 4.07. The lowest BCUT2D eigenvalue weighted by molar-refractivity contribution is -0.155. The molecular formula is C17H26ClN3. The van der Waals surface area contributed by atoms with Crippen molar-refractivity contribution in [2.24, 2.45) is 34.9 Å². The highest BCUT2D eigenvalue weighted by atomic mass is 35.5. The second-order valence-electron chi connectivity index (χ2n) is 8.97. The van der Waals surface area contributed by atoms with Gasteiger partial charge in [0.05, 0.1) is 23.0 Å². The van der Waals surface area contributed by atoms with E-state index in [9.17, 15) is 0 Å². The van der Waals surface area contributed by atoms with Gasteiger partial charge in [0, 0.05) is 7.05 Å². The van der Waals surface area contributed by atoms with Crippen LogP contribution in [0.5, 0.6) is 0 Å². The van der Waals surface area contributed by atoms with Gasteiger partial charge < -0.3 is 5.73 Å². The summed E-state index contributed by atoms with van der Waals surface area (Å²) in [6, 6.07) is 0.0135. The third-order valence-electron chi connectivity index (χ3n) is 6.56. The highest BCUT2D eigenvalue weighted by Crippen LogP contribution is 2.71. The Kier molecular flexibility index (Phi) is 2.72. The fourth-order valence-electron chi connectivity index (χ4n) is 6.94. The zero-order chi connectivity index (χ0) is 15.0. The summed E-state index contributed by atoms with van der Waals surface area (Å²) in [5, 5.41) is 5.04. The molecular weight excluding hydrogens is 282 g/mol. The number of aromatic nitrogens is 2. The molecule has 4 heteroatoms. The Labute approximate surface area is 132 Å². The van der Waals surface area contributed by atoms with Crippen molar-refractivity contribution in [2.45, 2.75) is 58.4 Å². The Morgan fingerprint density at radius 2 is 1.86 bits per heavy atom. The first-order chi connectivity index (χ1) is 9.74. The molecule has 116 valence electrons. The van der Waals surface area contributed by atoms with E-state index < -0.39 is 0 Å². The Morgan fingerprint density at radius 1 is 1.24 bits per heavy atom. The Morgan fingerprint density at radius 3 is 2.33 bits per heavy atom. The van der Waals surface area contributed by atoms with Gasteiger partial charge in [-0.05, 0) is 60.7 Å². The minimum absolute atomic E-state index is 0.0135. The van der Waals surface area contributed by atoms with Gasteiger partial charge in [-0.2, -0.15) is 5.10 Å². The van der Waals surface area contributed by atoms with Crippen molar-refractivity contribution in [1.29, 1.82) is 0 Å². The zero-order valence-electron chi connectivity index (χ0n) is 13.3. The van der Waals surface area contributed by atoms with E-state index in [1.54, 1.807) is 6.20 Å². The maximum atomic E-state index is 6.81. The molecule has 0 spiro atoms. The monoisotopic (exact) mass is 307 g/mol. The van der Waals surface area contributed by atoms with Crippen LogP contribution in [0.3, 0.4) is 0 Å². The van der Waals surface area contributed by atoms with E-state index in [0.29, 0.717) is 10.8 Å². The van der Waals surface area contributed by atoms with Crippen LogP contribution in [0.4, 0.5) is 0 Å². The number of hydrogen-bond donors (Lipinski definition) is 1. The molecule has 21 heavy (non-hydrogen) atoms. The van der Waals surface area contributed by atoms with Gasteiger partial charge in [-0.1, -0.05) is 25.4 Å². The molecule has 4 fully saturated rings. The normalized spacial score (nSPS) is 46.0. The van der Waals surface area contributed by atoms with Crippen LogP contribution in [0.15, 0.2) is 6.20 Å². The van der Waals surface area contributed by atoms with Gasteiger partial charge in [0.15, 0.2) is 0 Å². The topological polar surface area (TPSA) is 43.8 Å². The van der Waals surface area contributed by atoms with E-state index in [-0.39, 0.29) is 11.5 Å². The van der Waals surface area contributed by atoms with Crippen LogP contribution in [-0.4, -0.2) is 9.78 Å². The van der Waals surface area contributed by atoms with Gasteiger partial charge >= 0.3 is 0 Å². The van der Waals surface area contributed by atoms with E-state index >= 15 is 0 Å². The summed E-state index contributed by atoms with van der Waals surface area (Å²) in [5.74, 6) is 0.856. The standard InChI is InChI=1S/C17H26ClN3/c1-15-4-11-5-16(2,8-15)10-17(6-11,9-15)14(19)13-12(18)7-20-21(13)3/h7,11,14H,4-6,8-10,19H2,1-3H3. The average Bonchev–Trinajstić information content (AvgIpc) is 2.63. The van der Waals surface area contributed by atoms with Gasteiger partial charge in [0.25, 0.3) is 0 Å². The van der Waals surface area contributed by atoms with Crippen molar-refractivity contribution in [2.75, 3.05) is 0 Å². The molecule has 4 bridgehead atoms. The largest absolute Gasteiger partial charge is 0.322 e. The molecule has 1 heterocycles. The summed E-state index contributed by atoms with van der Waals surface area (Å²) >= 11 is 6.39. The number of rotatable bonds is 2. The molecule has 5 rings (SSSR count). The molecule has 4 saturated carbocycles. The molecule has 4 aliphatic rings. The highest BCUT2D eigenvalue weighted by molar-refractivity contribution is 6.31. The number of aryl methyl sites for hydroxylation is 1. The molecule has 4 aliphatic carbocycles. The zero-order valence-corrected chi connectivity index (χ0v) is 14.1. The molecule has 1 aromatic rings. The highest BCUT2D eigenvalue weighted by Gasteiger charge is 2.62. The molecule has 0 aromatic carbocycles. The summed E-state index contributed by atoms with van der Waals surface area (Å²) < 4.78 is 1.89. The fraction of sp³-hybridized carbons (Fsp3) is 0.824. The number of nitrogens with two attached hydrogens (primary N) is 1. The molecule has 3 unspecified atom stereocenters. The van der Waals surface area contributed by atoms with E-state index in [1.165, 1.54) is 38.5 Å². The number of nitrogens with zero attached hydrogens (tertiary/aromatic N) is 2. The van der Waals surface area contributed by atoms with Crippen molar-refractivity contribution in [3.05, 3.63) is 16.9 Å². The molecule has 0 amide bonds. The molecule has 2 N–H and O–H groups in total. The van der Waals surface area contributed by atoms with Gasteiger partial charge in [0.2, 0.25) is 0 Å². The summed E-state index contributed by atoms with van der Waals surface area (Å²) in [5.41, 5.74) is 9.03. The van der Waals surface area contributed by atoms with E-state index in [2.05, 4.69) is 18.9 Å². The van der Waals surface area contributed by atoms with Crippen LogP contribution in [0, 0.1) is 22.2 Å². The van der Waals surface area contributed by atoms with Crippen molar-refractivity contribution in [3.8, 4) is 0 Å². The lowest BCUT2D eigenvalue weighted by Crippen LogP contribution is -2.58.